The Balaban J connectivity index is 2.72. The molecule has 120 valence electrons. The summed E-state index contributed by atoms with van der Waals surface area (Å²) in [6, 6.07) is 4.93. The first-order valence-electron chi connectivity index (χ1n) is 8.01. The summed E-state index contributed by atoms with van der Waals surface area (Å²) >= 11 is 0. The van der Waals surface area contributed by atoms with Crippen molar-refractivity contribution in [1.29, 1.82) is 0 Å². The molecule has 21 heavy (non-hydrogen) atoms. The number of hydrogen-bond acceptors (Lipinski definition) is 4. The van der Waals surface area contributed by atoms with Crippen LogP contribution in [0.5, 0.6) is 0 Å². The van der Waals surface area contributed by atoms with Gasteiger partial charge in [0.25, 0.3) is 0 Å². The number of rotatable bonds is 9. The van der Waals surface area contributed by atoms with Crippen LogP contribution < -0.4 is 10.2 Å². The molecule has 1 aromatic heterocycles. The van der Waals surface area contributed by atoms with Gasteiger partial charge in [0, 0.05) is 31.9 Å². The fourth-order valence-corrected chi connectivity index (χ4v) is 2.17. The molecule has 0 saturated carbocycles. The molecule has 0 fully saturated rings. The number of hydrogen-bond donors (Lipinski definition) is 1. The van der Waals surface area contributed by atoms with Crippen LogP contribution in [0.2, 0.25) is 0 Å². The minimum absolute atomic E-state index is 0.504. The fourth-order valence-electron chi connectivity index (χ4n) is 2.17. The highest BCUT2D eigenvalue weighted by Gasteiger charge is 2.07. The van der Waals surface area contributed by atoms with E-state index in [1.54, 1.807) is 0 Å². The lowest BCUT2D eigenvalue weighted by Gasteiger charge is -2.21. The zero-order valence-corrected chi connectivity index (χ0v) is 14.6. The number of aromatic nitrogens is 1. The molecular formula is C17H32N4. The lowest BCUT2D eigenvalue weighted by molar-refractivity contribution is 0.401. The molecule has 0 unspecified atom stereocenters. The van der Waals surface area contributed by atoms with Gasteiger partial charge in [0.05, 0.1) is 0 Å². The molecule has 1 N–H and O–H groups in total. The summed E-state index contributed by atoms with van der Waals surface area (Å²) in [5.41, 5.74) is 2.50. The zero-order chi connectivity index (χ0) is 15.8. The lowest BCUT2D eigenvalue weighted by atomic mass is 10.1. The maximum Gasteiger partial charge on any atom is 0.128 e. The van der Waals surface area contributed by atoms with Crippen molar-refractivity contribution in [2.75, 3.05) is 39.1 Å². The van der Waals surface area contributed by atoms with E-state index in [0.29, 0.717) is 6.04 Å². The van der Waals surface area contributed by atoms with Crippen LogP contribution in [-0.4, -0.2) is 50.2 Å². The molecule has 1 aromatic rings. The van der Waals surface area contributed by atoms with Gasteiger partial charge in [0.1, 0.15) is 5.82 Å². The molecule has 0 aromatic carbocycles. The van der Waals surface area contributed by atoms with Gasteiger partial charge < -0.3 is 15.1 Å². The molecule has 0 spiro atoms. The topological polar surface area (TPSA) is 31.4 Å². The third-order valence-electron chi connectivity index (χ3n) is 3.49. The Hall–Kier alpha value is -1.13. The first-order valence-corrected chi connectivity index (χ1v) is 8.01. The van der Waals surface area contributed by atoms with Crippen molar-refractivity contribution in [2.24, 2.45) is 0 Å². The highest BCUT2D eigenvalue weighted by molar-refractivity contribution is 5.42. The third kappa shape index (κ3) is 6.91. The average molecular weight is 292 g/mol. The average Bonchev–Trinajstić information content (AvgIpc) is 2.44. The maximum absolute atomic E-state index is 4.76. The summed E-state index contributed by atoms with van der Waals surface area (Å²) in [7, 11) is 6.37. The molecule has 0 aliphatic rings. The number of aryl methyl sites for hydroxylation is 1. The van der Waals surface area contributed by atoms with Crippen molar-refractivity contribution >= 4 is 5.82 Å². The van der Waals surface area contributed by atoms with Gasteiger partial charge in [-0.05, 0) is 51.2 Å². The van der Waals surface area contributed by atoms with Crippen LogP contribution in [0, 0.1) is 0 Å². The molecule has 0 aliphatic heterocycles. The Kier molecular flexibility index (Phi) is 7.68. The van der Waals surface area contributed by atoms with Gasteiger partial charge in [-0.2, -0.15) is 0 Å². The highest BCUT2D eigenvalue weighted by atomic mass is 15.2. The van der Waals surface area contributed by atoms with Crippen LogP contribution in [0.4, 0.5) is 5.82 Å². The second-order valence-electron chi connectivity index (χ2n) is 6.29. The first-order chi connectivity index (χ1) is 9.92. The molecule has 0 radical (unpaired) electrons. The lowest BCUT2D eigenvalue weighted by Crippen LogP contribution is -2.25. The van der Waals surface area contributed by atoms with Crippen LogP contribution in [0.1, 0.15) is 38.4 Å². The molecule has 1 heterocycles. The van der Waals surface area contributed by atoms with Gasteiger partial charge in [0.15, 0.2) is 0 Å². The van der Waals surface area contributed by atoms with E-state index >= 15 is 0 Å². The first kappa shape index (κ1) is 17.9. The number of anilines is 1. The summed E-state index contributed by atoms with van der Waals surface area (Å²) in [4.78, 5) is 9.25. The van der Waals surface area contributed by atoms with Crippen LogP contribution in [0.15, 0.2) is 12.1 Å². The molecule has 1 rings (SSSR count). The van der Waals surface area contributed by atoms with Crippen LogP contribution in [-0.2, 0) is 13.0 Å². The molecule has 0 amide bonds. The SMILES string of the molecule is CCc1cc(CNC(C)C)cc(N(C)CCCN(C)C)n1. The minimum atomic E-state index is 0.504. The molecule has 0 atom stereocenters. The molecule has 0 bridgehead atoms. The summed E-state index contributed by atoms with van der Waals surface area (Å²) in [5.74, 6) is 1.09. The molecule has 0 saturated heterocycles. The summed E-state index contributed by atoms with van der Waals surface area (Å²) in [6.45, 7) is 9.57. The molecular weight excluding hydrogens is 260 g/mol. The van der Waals surface area contributed by atoms with Crippen LogP contribution in [0.3, 0.4) is 0 Å². The minimum Gasteiger partial charge on any atom is -0.360 e. The molecule has 0 aliphatic carbocycles. The van der Waals surface area contributed by atoms with E-state index in [1.165, 1.54) is 11.3 Å². The van der Waals surface area contributed by atoms with Crippen molar-refractivity contribution in [2.45, 2.75) is 46.2 Å². The number of nitrogens with zero attached hydrogens (tertiary/aromatic N) is 3. The van der Waals surface area contributed by atoms with E-state index in [4.69, 9.17) is 4.98 Å². The van der Waals surface area contributed by atoms with Crippen molar-refractivity contribution in [3.8, 4) is 0 Å². The Labute approximate surface area is 130 Å². The van der Waals surface area contributed by atoms with E-state index in [9.17, 15) is 0 Å². The number of nitrogens with one attached hydrogen (secondary N) is 1. The van der Waals surface area contributed by atoms with Gasteiger partial charge in [-0.15, -0.1) is 0 Å². The van der Waals surface area contributed by atoms with Gasteiger partial charge in [-0.1, -0.05) is 20.8 Å². The Morgan fingerprint density at radius 3 is 2.43 bits per heavy atom. The standard InChI is InChI=1S/C17H32N4/c1-7-16-11-15(13-18-14(2)3)12-17(19-16)21(6)10-8-9-20(4)5/h11-12,14,18H,7-10,13H2,1-6H3. The van der Waals surface area contributed by atoms with Crippen LogP contribution in [0.25, 0.3) is 0 Å². The predicted octanol–water partition coefficient (Wildman–Crippen LogP) is 2.53. The van der Waals surface area contributed by atoms with E-state index in [1.807, 2.05) is 0 Å². The third-order valence-corrected chi connectivity index (χ3v) is 3.49. The van der Waals surface area contributed by atoms with Crippen molar-refractivity contribution in [3.05, 3.63) is 23.4 Å². The van der Waals surface area contributed by atoms with Crippen LogP contribution >= 0.6 is 0 Å². The maximum atomic E-state index is 4.76. The Morgan fingerprint density at radius 2 is 1.86 bits per heavy atom. The Bertz CT molecular complexity index is 415. The van der Waals surface area contributed by atoms with Gasteiger partial charge in [-0.25, -0.2) is 4.98 Å². The van der Waals surface area contributed by atoms with Gasteiger partial charge in [-0.3, -0.25) is 0 Å². The van der Waals surface area contributed by atoms with Gasteiger partial charge in [0.2, 0.25) is 0 Å². The second-order valence-corrected chi connectivity index (χ2v) is 6.29. The monoisotopic (exact) mass is 292 g/mol. The Morgan fingerprint density at radius 1 is 1.14 bits per heavy atom. The van der Waals surface area contributed by atoms with Crippen molar-refractivity contribution in [3.63, 3.8) is 0 Å². The van der Waals surface area contributed by atoms with Gasteiger partial charge >= 0.3 is 0 Å². The number of pyridine rings is 1. The normalized spacial score (nSPS) is 11.4. The molecule has 4 heteroatoms. The smallest absolute Gasteiger partial charge is 0.128 e. The summed E-state index contributed by atoms with van der Waals surface area (Å²) < 4.78 is 0. The largest absolute Gasteiger partial charge is 0.360 e. The fraction of sp³-hybridized carbons (Fsp3) is 0.706. The second kappa shape index (κ2) is 9.00. The van der Waals surface area contributed by atoms with E-state index in [-0.39, 0.29) is 0 Å². The van der Waals surface area contributed by atoms with Crippen molar-refractivity contribution in [1.82, 2.24) is 15.2 Å². The summed E-state index contributed by atoms with van der Waals surface area (Å²) in [5, 5.41) is 3.48. The van der Waals surface area contributed by atoms with E-state index < -0.39 is 0 Å². The highest BCUT2D eigenvalue weighted by Crippen LogP contribution is 2.15. The van der Waals surface area contributed by atoms with Crippen molar-refractivity contribution < 1.29 is 0 Å². The summed E-state index contributed by atoms with van der Waals surface area (Å²) in [6.07, 6.45) is 2.13. The molecule has 4 nitrogen and oxygen atoms in total. The predicted molar refractivity (Wildman–Crippen MR) is 92.0 cm³/mol. The van der Waals surface area contributed by atoms with E-state index in [0.717, 1.165) is 38.3 Å². The van der Waals surface area contributed by atoms with E-state index in [2.05, 4.69) is 69.2 Å². The zero-order valence-electron chi connectivity index (χ0n) is 14.6. The quantitative estimate of drug-likeness (QED) is 0.758.